The lowest BCUT2D eigenvalue weighted by molar-refractivity contribution is 0.306. The van der Waals surface area contributed by atoms with Crippen LogP contribution >= 0.6 is 11.6 Å². The van der Waals surface area contributed by atoms with E-state index in [1.165, 1.54) is 18.2 Å². The van der Waals surface area contributed by atoms with Gasteiger partial charge in [0.05, 0.1) is 0 Å². The van der Waals surface area contributed by atoms with Crippen molar-refractivity contribution in [1.82, 2.24) is 4.98 Å². The van der Waals surface area contributed by atoms with E-state index in [2.05, 4.69) is 4.98 Å². The maximum atomic E-state index is 13.1. The van der Waals surface area contributed by atoms with E-state index in [0.29, 0.717) is 22.2 Å². The lowest BCUT2D eigenvalue weighted by atomic mass is 10.2. The maximum Gasteiger partial charge on any atom is 0.166 e. The minimum atomic E-state index is -0.354. The quantitative estimate of drug-likeness (QED) is 0.927. The highest BCUT2D eigenvalue weighted by atomic mass is 35.5. The van der Waals surface area contributed by atoms with Gasteiger partial charge < -0.3 is 10.5 Å². The van der Waals surface area contributed by atoms with Crippen molar-refractivity contribution in [2.45, 2.75) is 13.5 Å². The molecule has 0 unspecified atom stereocenters. The Morgan fingerprint density at radius 1 is 1.33 bits per heavy atom. The van der Waals surface area contributed by atoms with Crippen molar-refractivity contribution in [1.29, 1.82) is 0 Å². The highest BCUT2D eigenvalue weighted by Crippen LogP contribution is 2.23. The van der Waals surface area contributed by atoms with E-state index >= 15 is 0 Å². The standard InChI is InChI=1S/C13H12ClFN2O/c1-8-2-5-12(13(16)17-8)18-7-9-6-10(15)3-4-11(9)14/h2-6H,7H2,1H3,(H2,16,17). The van der Waals surface area contributed by atoms with Crippen molar-refractivity contribution < 1.29 is 9.13 Å². The van der Waals surface area contributed by atoms with Gasteiger partial charge in [-0.15, -0.1) is 0 Å². The van der Waals surface area contributed by atoms with Gasteiger partial charge in [0.25, 0.3) is 0 Å². The smallest absolute Gasteiger partial charge is 0.166 e. The SMILES string of the molecule is Cc1ccc(OCc2cc(F)ccc2Cl)c(N)n1. The molecule has 5 heteroatoms. The van der Waals surface area contributed by atoms with Crippen LogP contribution in [0.3, 0.4) is 0 Å². The number of rotatable bonds is 3. The predicted molar refractivity (Wildman–Crippen MR) is 69.1 cm³/mol. The maximum absolute atomic E-state index is 13.1. The molecule has 2 N–H and O–H groups in total. The summed E-state index contributed by atoms with van der Waals surface area (Å²) in [6.45, 7) is 1.98. The molecule has 1 aromatic heterocycles. The minimum absolute atomic E-state index is 0.144. The van der Waals surface area contributed by atoms with Crippen LogP contribution in [0.5, 0.6) is 5.75 Å². The average molecular weight is 267 g/mol. The Balaban J connectivity index is 2.13. The van der Waals surface area contributed by atoms with Crippen molar-refractivity contribution in [3.8, 4) is 5.75 Å². The van der Waals surface area contributed by atoms with Crippen molar-refractivity contribution in [2.24, 2.45) is 0 Å². The normalized spacial score (nSPS) is 10.4. The second-order valence-corrected chi connectivity index (χ2v) is 4.27. The second-order valence-electron chi connectivity index (χ2n) is 3.86. The van der Waals surface area contributed by atoms with Crippen LogP contribution in [0.1, 0.15) is 11.3 Å². The van der Waals surface area contributed by atoms with Gasteiger partial charge >= 0.3 is 0 Å². The summed E-state index contributed by atoms with van der Waals surface area (Å²) < 4.78 is 18.5. The summed E-state index contributed by atoms with van der Waals surface area (Å²) in [5.41, 5.74) is 7.09. The van der Waals surface area contributed by atoms with E-state index in [4.69, 9.17) is 22.1 Å². The van der Waals surface area contributed by atoms with E-state index in [1.54, 1.807) is 12.1 Å². The van der Waals surface area contributed by atoms with E-state index < -0.39 is 0 Å². The Bertz CT molecular complexity index is 575. The fourth-order valence-electron chi connectivity index (χ4n) is 1.50. The van der Waals surface area contributed by atoms with Crippen LogP contribution in [0, 0.1) is 12.7 Å². The molecule has 2 aromatic rings. The molecule has 0 aliphatic carbocycles. The predicted octanol–water partition coefficient (Wildman–Crippen LogP) is 3.34. The lowest BCUT2D eigenvalue weighted by Gasteiger charge is -2.09. The van der Waals surface area contributed by atoms with Gasteiger partial charge in [-0.1, -0.05) is 11.6 Å². The Labute approximate surface area is 109 Å². The summed E-state index contributed by atoms with van der Waals surface area (Å²) >= 11 is 5.93. The number of benzene rings is 1. The summed E-state index contributed by atoms with van der Waals surface area (Å²) in [7, 11) is 0. The van der Waals surface area contributed by atoms with Crippen LogP contribution in [-0.4, -0.2) is 4.98 Å². The summed E-state index contributed by atoms with van der Waals surface area (Å²) in [6, 6.07) is 7.64. The lowest BCUT2D eigenvalue weighted by Crippen LogP contribution is -2.02. The van der Waals surface area contributed by atoms with Crippen LogP contribution < -0.4 is 10.5 Å². The van der Waals surface area contributed by atoms with Crippen molar-refractivity contribution in [2.75, 3.05) is 5.73 Å². The van der Waals surface area contributed by atoms with Gasteiger partial charge in [-0.25, -0.2) is 9.37 Å². The number of hydrogen-bond donors (Lipinski definition) is 1. The molecule has 0 radical (unpaired) electrons. The molecule has 0 aliphatic heterocycles. The van der Waals surface area contributed by atoms with Crippen molar-refractivity contribution >= 4 is 17.4 Å². The molecule has 0 saturated heterocycles. The Morgan fingerprint density at radius 2 is 2.11 bits per heavy atom. The van der Waals surface area contributed by atoms with E-state index in [0.717, 1.165) is 5.69 Å². The van der Waals surface area contributed by atoms with Gasteiger partial charge in [0.1, 0.15) is 12.4 Å². The summed E-state index contributed by atoms with van der Waals surface area (Å²) in [4.78, 5) is 4.07. The second kappa shape index (κ2) is 5.23. The number of ether oxygens (including phenoxy) is 1. The third-order valence-electron chi connectivity index (χ3n) is 2.42. The number of nitrogen functional groups attached to an aromatic ring is 1. The highest BCUT2D eigenvalue weighted by molar-refractivity contribution is 6.31. The fourth-order valence-corrected chi connectivity index (χ4v) is 1.67. The summed E-state index contributed by atoms with van der Waals surface area (Å²) in [6.07, 6.45) is 0. The molecule has 0 atom stereocenters. The first-order chi connectivity index (χ1) is 8.56. The van der Waals surface area contributed by atoms with Crippen LogP contribution in [0.4, 0.5) is 10.2 Å². The van der Waals surface area contributed by atoms with Crippen molar-refractivity contribution in [3.05, 3.63) is 52.4 Å². The first-order valence-electron chi connectivity index (χ1n) is 5.36. The van der Waals surface area contributed by atoms with Crippen molar-refractivity contribution in [3.63, 3.8) is 0 Å². The zero-order chi connectivity index (χ0) is 13.1. The minimum Gasteiger partial charge on any atom is -0.485 e. The van der Waals surface area contributed by atoms with E-state index in [9.17, 15) is 4.39 Å². The number of hydrogen-bond acceptors (Lipinski definition) is 3. The molecule has 0 saturated carbocycles. The van der Waals surface area contributed by atoms with E-state index in [-0.39, 0.29) is 12.4 Å². The number of nitrogens with two attached hydrogens (primary N) is 1. The molecular formula is C13H12ClFN2O. The molecule has 94 valence electrons. The molecule has 1 heterocycles. The topological polar surface area (TPSA) is 48.1 Å². The van der Waals surface area contributed by atoms with Gasteiger partial charge in [0.15, 0.2) is 11.6 Å². The molecule has 0 spiro atoms. The van der Waals surface area contributed by atoms with Gasteiger partial charge in [0, 0.05) is 16.3 Å². The average Bonchev–Trinajstić information content (AvgIpc) is 2.32. The molecule has 18 heavy (non-hydrogen) atoms. The first-order valence-corrected chi connectivity index (χ1v) is 5.74. The largest absolute Gasteiger partial charge is 0.485 e. The van der Waals surface area contributed by atoms with E-state index in [1.807, 2.05) is 6.92 Å². The zero-order valence-corrected chi connectivity index (χ0v) is 10.5. The Morgan fingerprint density at radius 3 is 2.83 bits per heavy atom. The van der Waals surface area contributed by atoms with Crippen LogP contribution in [0.15, 0.2) is 30.3 Å². The fraction of sp³-hybridized carbons (Fsp3) is 0.154. The molecule has 2 rings (SSSR count). The molecule has 0 aliphatic rings. The third-order valence-corrected chi connectivity index (χ3v) is 2.78. The van der Waals surface area contributed by atoms with Gasteiger partial charge in [-0.05, 0) is 37.3 Å². The number of nitrogens with zero attached hydrogens (tertiary/aromatic N) is 1. The zero-order valence-electron chi connectivity index (χ0n) is 9.78. The van der Waals surface area contributed by atoms with Gasteiger partial charge in [-0.2, -0.15) is 0 Å². The molecule has 1 aromatic carbocycles. The van der Waals surface area contributed by atoms with Gasteiger partial charge in [-0.3, -0.25) is 0 Å². The molecule has 0 fully saturated rings. The monoisotopic (exact) mass is 266 g/mol. The summed E-state index contributed by atoms with van der Waals surface area (Å²) in [5.74, 6) is 0.413. The van der Waals surface area contributed by atoms with Crippen LogP contribution in [0.25, 0.3) is 0 Å². The Hall–Kier alpha value is -1.81. The highest BCUT2D eigenvalue weighted by Gasteiger charge is 2.06. The number of halogens is 2. The Kier molecular flexibility index (Phi) is 3.67. The molecule has 0 bridgehead atoms. The van der Waals surface area contributed by atoms with Crippen LogP contribution in [-0.2, 0) is 6.61 Å². The number of anilines is 1. The third kappa shape index (κ3) is 2.90. The summed E-state index contributed by atoms with van der Waals surface area (Å²) in [5, 5.41) is 0.454. The number of aromatic nitrogens is 1. The van der Waals surface area contributed by atoms with Crippen LogP contribution in [0.2, 0.25) is 5.02 Å². The number of aryl methyl sites for hydroxylation is 1. The number of pyridine rings is 1. The molecule has 3 nitrogen and oxygen atoms in total. The van der Waals surface area contributed by atoms with Gasteiger partial charge in [0.2, 0.25) is 0 Å². The first kappa shape index (κ1) is 12.6. The molecular weight excluding hydrogens is 255 g/mol. The molecule has 0 amide bonds.